The molecule has 0 bridgehead atoms. The zero-order chi connectivity index (χ0) is 25.5. The minimum atomic E-state index is -5.18. The molecule has 2 N–H and O–H groups in total. The van der Waals surface area contributed by atoms with Gasteiger partial charge in [0, 0.05) is 34.8 Å². The number of rotatable bonds is 6. The van der Waals surface area contributed by atoms with Crippen molar-refractivity contribution in [3.63, 3.8) is 0 Å². The zero-order valence-electron chi connectivity index (χ0n) is 18.5. The number of aromatic nitrogens is 4. The van der Waals surface area contributed by atoms with Crippen molar-refractivity contribution in [3.05, 3.63) is 46.1 Å². The molecule has 1 aliphatic rings. The first kappa shape index (κ1) is 25.5. The number of nitrogens with one attached hydrogen (secondary N) is 1. The highest BCUT2D eigenvalue weighted by Crippen LogP contribution is 2.41. The third kappa shape index (κ3) is 5.32. The topological polar surface area (TPSA) is 77.9 Å². The summed E-state index contributed by atoms with van der Waals surface area (Å²) in [7, 11) is 0. The van der Waals surface area contributed by atoms with Gasteiger partial charge in [0.05, 0.1) is 6.04 Å². The summed E-state index contributed by atoms with van der Waals surface area (Å²) in [5, 5.41) is 10.5. The molecule has 0 saturated carbocycles. The van der Waals surface area contributed by atoms with E-state index in [0.717, 1.165) is 16.5 Å². The van der Waals surface area contributed by atoms with Gasteiger partial charge in [-0.25, -0.2) is 4.98 Å². The first-order valence-corrected chi connectivity index (χ1v) is 11.3. The Balaban J connectivity index is 1.84. The molecule has 13 heteroatoms. The van der Waals surface area contributed by atoms with Crippen LogP contribution in [0.2, 0.25) is 5.02 Å². The number of alkyl halides is 6. The smallest absolute Gasteiger partial charge is 0.396 e. The Bertz CT molecular complexity index is 1180. The summed E-state index contributed by atoms with van der Waals surface area (Å²) in [5.74, 6) is -4.46. The lowest BCUT2D eigenvalue weighted by Gasteiger charge is -2.37. The van der Waals surface area contributed by atoms with Crippen LogP contribution >= 0.6 is 11.6 Å². The van der Waals surface area contributed by atoms with Gasteiger partial charge < -0.3 is 15.0 Å². The molecule has 0 fully saturated rings. The molecule has 190 valence electrons. The number of aliphatic hydroxyl groups is 1. The third-order valence-electron chi connectivity index (χ3n) is 6.08. The van der Waals surface area contributed by atoms with E-state index >= 15 is 0 Å². The molecular weight excluding hydrogens is 500 g/mol. The van der Waals surface area contributed by atoms with E-state index in [1.807, 2.05) is 6.92 Å². The molecule has 1 aliphatic heterocycles. The van der Waals surface area contributed by atoms with Crippen molar-refractivity contribution in [2.45, 2.75) is 51.0 Å². The summed E-state index contributed by atoms with van der Waals surface area (Å²) in [6.07, 6.45) is -8.49. The highest BCUT2D eigenvalue weighted by molar-refractivity contribution is 6.31. The monoisotopic (exact) mass is 521 g/mol. The van der Waals surface area contributed by atoms with Crippen LogP contribution in [0, 0.1) is 5.92 Å². The predicted molar refractivity (Wildman–Crippen MR) is 117 cm³/mol. The van der Waals surface area contributed by atoms with Crippen molar-refractivity contribution in [1.82, 2.24) is 19.9 Å². The van der Waals surface area contributed by atoms with Crippen LogP contribution in [-0.4, -0.2) is 38.2 Å². The maximum absolute atomic E-state index is 13.4. The molecule has 0 aliphatic carbocycles. The van der Waals surface area contributed by atoms with Crippen LogP contribution in [0.4, 0.5) is 32.3 Å². The lowest BCUT2D eigenvalue weighted by molar-refractivity contribution is -0.155. The first-order chi connectivity index (χ1) is 16.4. The largest absolute Gasteiger partial charge is 0.451 e. The molecule has 35 heavy (non-hydrogen) atoms. The van der Waals surface area contributed by atoms with Gasteiger partial charge in [-0.2, -0.15) is 36.3 Å². The van der Waals surface area contributed by atoms with E-state index in [2.05, 4.69) is 19.9 Å². The van der Waals surface area contributed by atoms with Crippen LogP contribution in [0.3, 0.4) is 0 Å². The Labute approximate surface area is 201 Å². The molecule has 0 radical (unpaired) electrons. The van der Waals surface area contributed by atoms with Crippen LogP contribution in [0.25, 0.3) is 10.9 Å². The summed E-state index contributed by atoms with van der Waals surface area (Å²) in [6.45, 7) is 1.99. The van der Waals surface area contributed by atoms with Crippen LogP contribution in [-0.2, 0) is 18.8 Å². The van der Waals surface area contributed by atoms with Crippen LogP contribution < -0.4 is 4.90 Å². The quantitative estimate of drug-likeness (QED) is 0.392. The Morgan fingerprint density at radius 1 is 1.11 bits per heavy atom. The van der Waals surface area contributed by atoms with Gasteiger partial charge in [-0.15, -0.1) is 0 Å². The lowest BCUT2D eigenvalue weighted by atomic mass is 9.89. The summed E-state index contributed by atoms with van der Waals surface area (Å²) >= 11 is 6.15. The van der Waals surface area contributed by atoms with Crippen LogP contribution in [0.1, 0.15) is 55.1 Å². The van der Waals surface area contributed by atoms with Gasteiger partial charge >= 0.3 is 12.4 Å². The van der Waals surface area contributed by atoms with Crippen molar-refractivity contribution in [1.29, 1.82) is 0 Å². The van der Waals surface area contributed by atoms with E-state index in [-0.39, 0.29) is 19.1 Å². The van der Waals surface area contributed by atoms with Gasteiger partial charge in [-0.05, 0) is 55.4 Å². The number of anilines is 1. The van der Waals surface area contributed by atoms with E-state index < -0.39 is 36.0 Å². The molecule has 2 aromatic heterocycles. The Morgan fingerprint density at radius 2 is 1.77 bits per heavy atom. The van der Waals surface area contributed by atoms with Crippen LogP contribution in [0.15, 0.2) is 18.2 Å². The number of halogens is 7. The van der Waals surface area contributed by atoms with Gasteiger partial charge in [-0.3, -0.25) is 0 Å². The number of H-pyrrole nitrogens is 1. The van der Waals surface area contributed by atoms with Crippen LogP contribution in [0.5, 0.6) is 0 Å². The fourth-order valence-corrected chi connectivity index (χ4v) is 4.68. The molecule has 1 aromatic carbocycles. The predicted octanol–water partition coefficient (Wildman–Crippen LogP) is 5.95. The lowest BCUT2D eigenvalue weighted by Crippen LogP contribution is -2.38. The minimum absolute atomic E-state index is 0.00149. The van der Waals surface area contributed by atoms with E-state index in [4.69, 9.17) is 11.6 Å². The summed E-state index contributed by atoms with van der Waals surface area (Å²) in [6, 6.07) is 4.63. The van der Waals surface area contributed by atoms with Gasteiger partial charge in [0.15, 0.2) is 0 Å². The number of fused-ring (bicyclic) bond motifs is 3. The average molecular weight is 522 g/mol. The first-order valence-electron chi connectivity index (χ1n) is 11.0. The summed E-state index contributed by atoms with van der Waals surface area (Å²) in [5.41, 5.74) is 2.34. The fraction of sp³-hybridized carbons (Fsp3) is 0.500. The Hall–Kier alpha value is -2.60. The van der Waals surface area contributed by atoms with Gasteiger partial charge in [0.25, 0.3) is 0 Å². The highest BCUT2D eigenvalue weighted by Gasteiger charge is 2.43. The Morgan fingerprint density at radius 3 is 2.37 bits per heavy atom. The summed E-state index contributed by atoms with van der Waals surface area (Å²) < 4.78 is 80.3. The Kier molecular flexibility index (Phi) is 6.89. The third-order valence-corrected chi connectivity index (χ3v) is 6.32. The van der Waals surface area contributed by atoms with Gasteiger partial charge in [0.1, 0.15) is 0 Å². The fourth-order valence-electron chi connectivity index (χ4n) is 4.51. The van der Waals surface area contributed by atoms with E-state index in [9.17, 15) is 31.4 Å². The zero-order valence-corrected chi connectivity index (χ0v) is 19.3. The maximum Gasteiger partial charge on any atom is 0.451 e. The number of aromatic amines is 1. The number of hydrogen-bond acceptors (Lipinski definition) is 5. The maximum atomic E-state index is 13.4. The van der Waals surface area contributed by atoms with Crippen molar-refractivity contribution < 1.29 is 31.4 Å². The average Bonchev–Trinajstić information content (AvgIpc) is 3.14. The summed E-state index contributed by atoms with van der Waals surface area (Å²) in [4.78, 5) is 14.1. The molecule has 2 atom stereocenters. The molecule has 0 spiro atoms. The van der Waals surface area contributed by atoms with Crippen molar-refractivity contribution in [2.24, 2.45) is 5.92 Å². The van der Waals surface area contributed by atoms with E-state index in [1.54, 1.807) is 18.2 Å². The number of hydrogen-bond donors (Lipinski definition) is 2. The molecule has 0 unspecified atom stereocenters. The minimum Gasteiger partial charge on any atom is -0.396 e. The second-order valence-electron chi connectivity index (χ2n) is 8.65. The van der Waals surface area contributed by atoms with Gasteiger partial charge in [0.2, 0.25) is 17.6 Å². The molecule has 6 nitrogen and oxygen atoms in total. The SMILES string of the molecule is C[C@H](CCCO)C[C@H]1c2[nH]c3ccc(Cl)cc3c2CCN1c1nc(C(F)(F)F)nc(C(F)(F)F)n1. The molecular formula is C22H22ClF6N5O. The highest BCUT2D eigenvalue weighted by atomic mass is 35.5. The standard InChI is InChI=1S/C22H22ClF6N5O/c1-11(3-2-8-35)9-16-17-13(14-10-12(23)4-5-15(14)30-17)6-7-34(16)20-32-18(21(24,25)26)31-19(33-20)22(27,28)29/h4-5,10-11,16,30,35H,2-3,6-9H2,1H3/t11-,16+/m1/s1. The number of nitrogens with zero attached hydrogens (tertiary/aromatic N) is 4. The van der Waals surface area contributed by atoms with E-state index in [0.29, 0.717) is 36.4 Å². The van der Waals surface area contributed by atoms with Gasteiger partial charge in [-0.1, -0.05) is 18.5 Å². The van der Waals surface area contributed by atoms with E-state index in [1.165, 1.54) is 4.90 Å². The second kappa shape index (κ2) is 9.45. The number of aliphatic hydroxyl groups excluding tert-OH is 1. The molecule has 0 saturated heterocycles. The molecule has 4 rings (SSSR count). The number of benzene rings is 1. The normalized spacial score (nSPS) is 17.6. The molecule has 3 heterocycles. The molecule has 3 aromatic rings. The van der Waals surface area contributed by atoms with Crippen molar-refractivity contribution in [3.8, 4) is 0 Å². The molecule has 0 amide bonds. The second-order valence-corrected chi connectivity index (χ2v) is 9.09. The van der Waals surface area contributed by atoms with Crippen molar-refractivity contribution in [2.75, 3.05) is 18.1 Å². The van der Waals surface area contributed by atoms with Crippen molar-refractivity contribution >= 4 is 28.5 Å².